The van der Waals surface area contributed by atoms with Crippen molar-refractivity contribution in [3.8, 4) is 5.75 Å². The van der Waals surface area contributed by atoms with Crippen molar-refractivity contribution in [3.63, 3.8) is 0 Å². The molecule has 37 heavy (non-hydrogen) atoms. The number of β-lactam (4-membered cyclic amide) rings is 1. The number of carboxylic acid groups (broad SMARTS) is 1. The number of carboxylic acids is 1. The van der Waals surface area contributed by atoms with Gasteiger partial charge in [-0.05, 0) is 25.5 Å². The van der Waals surface area contributed by atoms with Crippen LogP contribution in [0.5, 0.6) is 5.75 Å². The van der Waals surface area contributed by atoms with Gasteiger partial charge in [-0.15, -0.1) is 24.9 Å². The Bertz CT molecular complexity index is 1220. The van der Waals surface area contributed by atoms with Crippen molar-refractivity contribution in [2.24, 2.45) is 11.8 Å². The minimum Gasteiger partial charge on any atom is -0.477 e. The monoisotopic (exact) mass is 565 g/mol. The van der Waals surface area contributed by atoms with Crippen molar-refractivity contribution >= 4 is 33.7 Å². The molecule has 3 aliphatic rings. The smallest absolute Gasteiger partial charge is 0.477 e. The summed E-state index contributed by atoms with van der Waals surface area (Å²) in [5.41, 5.74) is -0.0745. The fourth-order valence-electron chi connectivity index (χ4n) is 5.02. The SMILES string of the molecule is C[C@@H](O)[C@H]1C(=O)N2C(C(=O)O)=C(S[C@@H]3CN[C@H](CNS(=O)(=O)c4cccc(OC(F)(F)F)c4)C3)[C@H](C)[C@H]12. The fourth-order valence-corrected chi connectivity index (χ4v) is 7.65. The third-order valence-electron chi connectivity index (χ3n) is 6.66. The van der Waals surface area contributed by atoms with E-state index in [1.54, 1.807) is 0 Å². The predicted octanol–water partition coefficient (Wildman–Crippen LogP) is 1.48. The molecule has 0 unspecified atom stereocenters. The van der Waals surface area contributed by atoms with Crippen LogP contribution in [-0.4, -0.2) is 78.3 Å². The van der Waals surface area contributed by atoms with Gasteiger partial charge in [0.25, 0.3) is 0 Å². The van der Waals surface area contributed by atoms with E-state index in [1.165, 1.54) is 23.6 Å². The number of ether oxygens (including phenoxy) is 1. The molecule has 0 saturated carbocycles. The van der Waals surface area contributed by atoms with Crippen molar-refractivity contribution in [2.75, 3.05) is 13.1 Å². The number of aliphatic hydroxyl groups is 1. The molecule has 10 nitrogen and oxygen atoms in total. The van der Waals surface area contributed by atoms with Gasteiger partial charge in [0.05, 0.1) is 23.0 Å². The van der Waals surface area contributed by atoms with Crippen molar-refractivity contribution in [3.05, 3.63) is 34.9 Å². The topological polar surface area (TPSA) is 145 Å². The van der Waals surface area contributed by atoms with Gasteiger partial charge in [0.2, 0.25) is 15.9 Å². The summed E-state index contributed by atoms with van der Waals surface area (Å²) in [4.78, 5) is 25.9. The molecule has 1 amide bonds. The number of aliphatic hydroxyl groups excluding tert-OH is 1. The zero-order valence-corrected chi connectivity index (χ0v) is 21.4. The Morgan fingerprint density at radius 3 is 2.70 bits per heavy atom. The van der Waals surface area contributed by atoms with Crippen molar-refractivity contribution in [1.82, 2.24) is 14.9 Å². The number of sulfonamides is 1. The van der Waals surface area contributed by atoms with Crippen LogP contribution >= 0.6 is 11.8 Å². The Labute approximate surface area is 215 Å². The Hall–Kier alpha value is -2.33. The molecule has 0 radical (unpaired) electrons. The number of aliphatic carboxylic acids is 1. The van der Waals surface area contributed by atoms with Crippen molar-refractivity contribution < 1.29 is 46.1 Å². The first-order valence-corrected chi connectivity index (χ1v) is 13.8. The number of rotatable bonds is 9. The molecule has 0 aromatic heterocycles. The van der Waals surface area contributed by atoms with Gasteiger partial charge in [-0.25, -0.2) is 17.9 Å². The molecule has 0 spiro atoms. The van der Waals surface area contributed by atoms with E-state index in [0.29, 0.717) is 17.9 Å². The lowest BCUT2D eigenvalue weighted by molar-refractivity contribution is -0.274. The van der Waals surface area contributed by atoms with Gasteiger partial charge in [-0.2, -0.15) is 0 Å². The number of nitrogens with one attached hydrogen (secondary N) is 2. The highest BCUT2D eigenvalue weighted by molar-refractivity contribution is 8.03. The highest BCUT2D eigenvalue weighted by Gasteiger charge is 2.60. The molecule has 4 rings (SSSR count). The van der Waals surface area contributed by atoms with Crippen LogP contribution in [0, 0.1) is 11.8 Å². The number of carbonyl (C=O) groups excluding carboxylic acids is 1. The number of halogens is 3. The Balaban J connectivity index is 1.38. The third-order valence-corrected chi connectivity index (χ3v) is 9.59. The fraction of sp³-hybridized carbons (Fsp3) is 0.545. The number of thioether (sulfide) groups is 1. The average molecular weight is 566 g/mol. The molecule has 4 N–H and O–H groups in total. The number of fused-ring (bicyclic) bond motifs is 1. The van der Waals surface area contributed by atoms with Gasteiger partial charge in [0.15, 0.2) is 0 Å². The van der Waals surface area contributed by atoms with Gasteiger partial charge in [0, 0.05) is 41.3 Å². The largest absolute Gasteiger partial charge is 0.573 e. The van der Waals surface area contributed by atoms with Crippen molar-refractivity contribution in [1.29, 1.82) is 0 Å². The van der Waals surface area contributed by atoms with E-state index < -0.39 is 52.1 Å². The van der Waals surface area contributed by atoms with E-state index >= 15 is 0 Å². The Morgan fingerprint density at radius 2 is 2.08 bits per heavy atom. The maximum absolute atomic E-state index is 12.6. The zero-order chi connectivity index (χ0) is 27.3. The summed E-state index contributed by atoms with van der Waals surface area (Å²) in [6.07, 6.45) is -5.38. The van der Waals surface area contributed by atoms with Gasteiger partial charge in [0.1, 0.15) is 11.4 Å². The molecule has 204 valence electrons. The van der Waals surface area contributed by atoms with Crippen LogP contribution in [0.15, 0.2) is 39.8 Å². The lowest BCUT2D eigenvalue weighted by Crippen LogP contribution is -2.63. The van der Waals surface area contributed by atoms with E-state index in [4.69, 9.17) is 0 Å². The van der Waals surface area contributed by atoms with Crippen LogP contribution in [0.25, 0.3) is 0 Å². The lowest BCUT2D eigenvalue weighted by atomic mass is 9.79. The van der Waals surface area contributed by atoms with Crippen LogP contribution in [0.3, 0.4) is 0 Å². The van der Waals surface area contributed by atoms with Crippen LogP contribution in [-0.2, 0) is 19.6 Å². The Morgan fingerprint density at radius 1 is 1.38 bits per heavy atom. The van der Waals surface area contributed by atoms with E-state index in [1.807, 2.05) is 6.92 Å². The molecular formula is C22H26F3N3O7S2. The first kappa shape index (κ1) is 27.7. The molecule has 6 atom stereocenters. The highest BCUT2D eigenvalue weighted by atomic mass is 32.2. The number of nitrogens with zero attached hydrogens (tertiary/aromatic N) is 1. The zero-order valence-electron chi connectivity index (χ0n) is 19.7. The second-order valence-electron chi connectivity index (χ2n) is 9.23. The van der Waals surface area contributed by atoms with E-state index in [0.717, 1.165) is 24.3 Å². The van der Waals surface area contributed by atoms with Crippen molar-refractivity contribution in [2.45, 2.75) is 55.0 Å². The lowest BCUT2D eigenvalue weighted by Gasteiger charge is -2.46. The molecule has 2 saturated heterocycles. The summed E-state index contributed by atoms with van der Waals surface area (Å²) >= 11 is 1.32. The maximum Gasteiger partial charge on any atom is 0.573 e. The third kappa shape index (κ3) is 5.60. The highest BCUT2D eigenvalue weighted by Crippen LogP contribution is 2.51. The van der Waals surface area contributed by atoms with E-state index in [9.17, 15) is 41.4 Å². The average Bonchev–Trinajstić information content (AvgIpc) is 3.32. The quantitative estimate of drug-likeness (QED) is 0.327. The summed E-state index contributed by atoms with van der Waals surface area (Å²) in [6, 6.07) is 3.34. The van der Waals surface area contributed by atoms with E-state index in [-0.39, 0.29) is 34.3 Å². The van der Waals surface area contributed by atoms with Gasteiger partial charge in [-0.1, -0.05) is 13.0 Å². The number of amides is 1. The molecule has 3 aliphatic heterocycles. The molecule has 3 heterocycles. The minimum atomic E-state index is -4.95. The maximum atomic E-state index is 12.6. The van der Waals surface area contributed by atoms with Gasteiger partial charge in [-0.3, -0.25) is 4.79 Å². The summed E-state index contributed by atoms with van der Waals surface area (Å²) in [5, 5.41) is 22.8. The molecule has 0 aliphatic carbocycles. The first-order valence-electron chi connectivity index (χ1n) is 11.4. The number of carbonyl (C=O) groups is 2. The number of hydrogen-bond donors (Lipinski definition) is 4. The molecule has 1 aromatic rings. The van der Waals surface area contributed by atoms with Crippen LogP contribution in [0.1, 0.15) is 20.3 Å². The standard InChI is InChI=1S/C22H26F3N3O7S2/c1-10-17-16(11(2)29)20(30)28(17)18(21(31)32)19(10)36-14-6-12(26-9-14)8-27-37(33,34)15-5-3-4-13(7-15)35-22(23,24)25/h3-5,7,10-12,14,16-17,26-27,29H,6,8-9H2,1-2H3,(H,31,32)/t10-,11-,12+,14+,16-,17-/m1/s1. The molecular weight excluding hydrogens is 539 g/mol. The summed E-state index contributed by atoms with van der Waals surface area (Å²) in [5.74, 6) is -3.23. The molecule has 1 aromatic carbocycles. The number of alkyl halides is 3. The molecule has 15 heteroatoms. The molecule has 2 fully saturated rings. The normalized spacial score (nSPS) is 28.8. The first-order chi connectivity index (χ1) is 17.2. The number of hydrogen-bond acceptors (Lipinski definition) is 8. The summed E-state index contributed by atoms with van der Waals surface area (Å²) < 4.78 is 68.7. The summed E-state index contributed by atoms with van der Waals surface area (Å²) in [6.45, 7) is 3.74. The van der Waals surface area contributed by atoms with Crippen LogP contribution in [0.4, 0.5) is 13.2 Å². The Kier molecular flexibility index (Phi) is 7.56. The minimum absolute atomic E-state index is 0.0402. The summed E-state index contributed by atoms with van der Waals surface area (Å²) in [7, 11) is -4.12. The van der Waals surface area contributed by atoms with Gasteiger partial charge >= 0.3 is 12.3 Å². The van der Waals surface area contributed by atoms with Crippen LogP contribution in [0.2, 0.25) is 0 Å². The number of benzene rings is 1. The molecule has 0 bridgehead atoms. The second-order valence-corrected chi connectivity index (χ2v) is 12.3. The predicted molar refractivity (Wildman–Crippen MR) is 126 cm³/mol. The van der Waals surface area contributed by atoms with Gasteiger partial charge < -0.3 is 25.2 Å². The van der Waals surface area contributed by atoms with E-state index in [2.05, 4.69) is 14.8 Å². The second kappa shape index (κ2) is 10.1. The van der Waals surface area contributed by atoms with Crippen LogP contribution < -0.4 is 14.8 Å².